The molecular formula is C20H30O2. The van der Waals surface area contributed by atoms with Gasteiger partial charge in [0, 0.05) is 0 Å². The van der Waals surface area contributed by atoms with E-state index in [4.69, 9.17) is 4.74 Å². The smallest absolute Gasteiger partial charge is 0.308 e. The number of hydrogen-bond donors (Lipinski definition) is 0. The van der Waals surface area contributed by atoms with Crippen LogP contribution < -0.4 is 0 Å². The van der Waals surface area contributed by atoms with E-state index in [1.165, 1.54) is 26.4 Å². The molecule has 0 radical (unpaired) electrons. The molecule has 4 atom stereocenters. The Bertz CT molecular complexity index is 514. The minimum atomic E-state index is 0.0157. The third kappa shape index (κ3) is 2.45. The van der Waals surface area contributed by atoms with Crippen LogP contribution in [0.3, 0.4) is 0 Å². The molecule has 1 fully saturated rings. The molecule has 0 aromatic carbocycles. The number of fused-ring (bicyclic) bond motifs is 3. The van der Waals surface area contributed by atoms with E-state index in [1.54, 1.807) is 11.1 Å². The summed E-state index contributed by atoms with van der Waals surface area (Å²) in [6.07, 6.45) is 11.9. The van der Waals surface area contributed by atoms with Gasteiger partial charge >= 0.3 is 5.97 Å². The van der Waals surface area contributed by atoms with Gasteiger partial charge in [0.2, 0.25) is 0 Å². The third-order valence-corrected chi connectivity index (χ3v) is 6.69. The predicted molar refractivity (Wildman–Crippen MR) is 89.3 cm³/mol. The van der Waals surface area contributed by atoms with Gasteiger partial charge in [0.1, 0.15) is 0 Å². The van der Waals surface area contributed by atoms with Crippen LogP contribution in [0.4, 0.5) is 0 Å². The SMILES string of the molecule is COC(=O)C1CCCC2(C)C3CCC(C(C)C)=CC3=CCC12. The van der Waals surface area contributed by atoms with Crippen LogP contribution in [-0.4, -0.2) is 13.1 Å². The van der Waals surface area contributed by atoms with Crippen LogP contribution in [0.25, 0.3) is 0 Å². The zero-order valence-corrected chi connectivity index (χ0v) is 14.5. The molecule has 0 heterocycles. The van der Waals surface area contributed by atoms with Crippen molar-refractivity contribution in [2.75, 3.05) is 7.11 Å². The van der Waals surface area contributed by atoms with Crippen LogP contribution in [0.2, 0.25) is 0 Å². The lowest BCUT2D eigenvalue weighted by Crippen LogP contribution is -2.48. The number of allylic oxidation sites excluding steroid dienone is 4. The summed E-state index contributed by atoms with van der Waals surface area (Å²) in [6, 6.07) is 0. The number of hydrogen-bond acceptors (Lipinski definition) is 2. The molecule has 0 bridgehead atoms. The molecule has 3 aliphatic rings. The third-order valence-electron chi connectivity index (χ3n) is 6.69. The molecule has 0 aromatic heterocycles. The monoisotopic (exact) mass is 302 g/mol. The van der Waals surface area contributed by atoms with Gasteiger partial charge in [-0.05, 0) is 60.8 Å². The Balaban J connectivity index is 1.93. The van der Waals surface area contributed by atoms with E-state index in [0.717, 1.165) is 19.3 Å². The first-order valence-electron chi connectivity index (χ1n) is 8.95. The summed E-state index contributed by atoms with van der Waals surface area (Å²) >= 11 is 0. The molecule has 0 spiro atoms. The second kappa shape index (κ2) is 5.86. The molecule has 1 saturated carbocycles. The van der Waals surface area contributed by atoms with Gasteiger partial charge in [-0.25, -0.2) is 0 Å². The molecule has 2 nitrogen and oxygen atoms in total. The van der Waals surface area contributed by atoms with E-state index in [1.807, 2.05) is 0 Å². The summed E-state index contributed by atoms with van der Waals surface area (Å²) in [5.74, 6) is 1.89. The first-order valence-corrected chi connectivity index (χ1v) is 8.95. The van der Waals surface area contributed by atoms with Crippen molar-refractivity contribution >= 4 is 5.97 Å². The molecule has 3 aliphatic carbocycles. The van der Waals surface area contributed by atoms with Crippen molar-refractivity contribution < 1.29 is 9.53 Å². The maximum atomic E-state index is 12.2. The highest BCUT2D eigenvalue weighted by atomic mass is 16.5. The summed E-state index contributed by atoms with van der Waals surface area (Å²) in [5.41, 5.74) is 3.43. The minimum absolute atomic E-state index is 0.0157. The fraction of sp³-hybridized carbons (Fsp3) is 0.750. The summed E-state index contributed by atoms with van der Waals surface area (Å²) < 4.78 is 5.10. The fourth-order valence-corrected chi connectivity index (χ4v) is 5.34. The number of rotatable bonds is 2. The largest absolute Gasteiger partial charge is 0.469 e. The van der Waals surface area contributed by atoms with Crippen LogP contribution in [-0.2, 0) is 9.53 Å². The molecule has 3 rings (SSSR count). The molecule has 0 aromatic rings. The molecule has 0 saturated heterocycles. The number of ether oxygens (including phenoxy) is 1. The Morgan fingerprint density at radius 3 is 2.82 bits per heavy atom. The lowest BCUT2D eigenvalue weighted by molar-refractivity contribution is -0.153. The molecule has 122 valence electrons. The van der Waals surface area contributed by atoms with E-state index in [-0.39, 0.29) is 17.3 Å². The molecule has 0 N–H and O–H groups in total. The van der Waals surface area contributed by atoms with Crippen LogP contribution in [0.15, 0.2) is 23.3 Å². The normalized spacial score (nSPS) is 37.8. The highest BCUT2D eigenvalue weighted by Gasteiger charge is 2.51. The number of esters is 1. The Hall–Kier alpha value is -1.05. The van der Waals surface area contributed by atoms with Gasteiger partial charge in [-0.2, -0.15) is 0 Å². The van der Waals surface area contributed by atoms with Crippen LogP contribution in [0.1, 0.15) is 59.3 Å². The standard InChI is InChI=1S/C20H30O2/c1-13(2)14-7-9-17-15(12-14)8-10-18-16(19(21)22-4)6-5-11-20(17,18)3/h8,12-13,16-18H,5-7,9-11H2,1-4H3. The highest BCUT2D eigenvalue weighted by Crippen LogP contribution is 2.58. The van der Waals surface area contributed by atoms with E-state index < -0.39 is 0 Å². The maximum Gasteiger partial charge on any atom is 0.308 e. The Labute approximate surface area is 135 Å². The summed E-state index contributed by atoms with van der Waals surface area (Å²) in [5, 5.41) is 0. The predicted octanol–water partition coefficient (Wildman–Crippen LogP) is 4.90. The van der Waals surface area contributed by atoms with Crippen molar-refractivity contribution in [3.8, 4) is 0 Å². The van der Waals surface area contributed by atoms with E-state index >= 15 is 0 Å². The van der Waals surface area contributed by atoms with Gasteiger partial charge in [0.05, 0.1) is 13.0 Å². The summed E-state index contributed by atoms with van der Waals surface area (Å²) in [7, 11) is 1.54. The first kappa shape index (κ1) is 15.8. The Kier molecular flexibility index (Phi) is 4.22. The summed E-state index contributed by atoms with van der Waals surface area (Å²) in [4.78, 5) is 12.2. The molecular weight excluding hydrogens is 272 g/mol. The Morgan fingerprint density at radius 2 is 2.14 bits per heavy atom. The van der Waals surface area contributed by atoms with E-state index in [0.29, 0.717) is 17.8 Å². The quantitative estimate of drug-likeness (QED) is 0.678. The number of carbonyl (C=O) groups excluding carboxylic acids is 1. The fourth-order valence-electron chi connectivity index (χ4n) is 5.34. The van der Waals surface area contributed by atoms with Crippen LogP contribution >= 0.6 is 0 Å². The van der Waals surface area contributed by atoms with Crippen molar-refractivity contribution in [2.24, 2.45) is 29.1 Å². The molecule has 0 amide bonds. The van der Waals surface area contributed by atoms with Crippen molar-refractivity contribution in [2.45, 2.75) is 59.3 Å². The first-order chi connectivity index (χ1) is 10.5. The van der Waals surface area contributed by atoms with Crippen molar-refractivity contribution in [3.05, 3.63) is 23.3 Å². The minimum Gasteiger partial charge on any atom is -0.469 e. The van der Waals surface area contributed by atoms with E-state index in [2.05, 4.69) is 32.9 Å². The summed E-state index contributed by atoms with van der Waals surface area (Å²) in [6.45, 7) is 7.04. The zero-order valence-electron chi connectivity index (χ0n) is 14.5. The van der Waals surface area contributed by atoms with Crippen molar-refractivity contribution in [1.29, 1.82) is 0 Å². The number of methoxy groups -OCH3 is 1. The average molecular weight is 302 g/mol. The lowest BCUT2D eigenvalue weighted by atomic mass is 9.51. The maximum absolute atomic E-state index is 12.2. The molecule has 2 heteroatoms. The lowest BCUT2D eigenvalue weighted by Gasteiger charge is -2.53. The van der Waals surface area contributed by atoms with Gasteiger partial charge in [-0.15, -0.1) is 0 Å². The van der Waals surface area contributed by atoms with Gasteiger partial charge in [-0.3, -0.25) is 4.79 Å². The Morgan fingerprint density at radius 1 is 1.36 bits per heavy atom. The van der Waals surface area contributed by atoms with Gasteiger partial charge in [0.25, 0.3) is 0 Å². The van der Waals surface area contributed by atoms with Crippen molar-refractivity contribution in [3.63, 3.8) is 0 Å². The second-order valence-corrected chi connectivity index (χ2v) is 8.04. The topological polar surface area (TPSA) is 26.3 Å². The average Bonchev–Trinajstić information content (AvgIpc) is 2.52. The van der Waals surface area contributed by atoms with Gasteiger partial charge in [-0.1, -0.05) is 44.9 Å². The molecule has 22 heavy (non-hydrogen) atoms. The van der Waals surface area contributed by atoms with E-state index in [9.17, 15) is 4.79 Å². The molecule has 4 unspecified atom stereocenters. The van der Waals surface area contributed by atoms with Gasteiger partial charge in [0.15, 0.2) is 0 Å². The van der Waals surface area contributed by atoms with Crippen LogP contribution in [0, 0.1) is 29.1 Å². The van der Waals surface area contributed by atoms with Gasteiger partial charge < -0.3 is 4.74 Å². The second-order valence-electron chi connectivity index (χ2n) is 8.04. The zero-order chi connectivity index (χ0) is 15.9. The van der Waals surface area contributed by atoms with Crippen molar-refractivity contribution in [1.82, 2.24) is 0 Å². The van der Waals surface area contributed by atoms with Crippen LogP contribution in [0.5, 0.6) is 0 Å². The molecule has 0 aliphatic heterocycles. The number of carbonyl (C=O) groups is 1. The highest BCUT2D eigenvalue weighted by molar-refractivity contribution is 5.73.